The number of aromatic carboxylic acids is 1. The molecule has 0 saturated heterocycles. The van der Waals surface area contributed by atoms with Gasteiger partial charge in [0.05, 0.1) is 15.9 Å². The number of fused-ring (bicyclic) bond motifs is 3. The third-order valence-corrected chi connectivity index (χ3v) is 5.09. The lowest BCUT2D eigenvalue weighted by Crippen LogP contribution is -2.31. The molecule has 0 bridgehead atoms. The number of pyridine rings is 1. The Morgan fingerprint density at radius 2 is 2.26 bits per heavy atom. The van der Waals surface area contributed by atoms with Crippen molar-refractivity contribution in [3.8, 4) is 5.69 Å². The number of rotatable bonds is 2. The molecule has 0 aliphatic carbocycles. The predicted octanol–water partition coefficient (Wildman–Crippen LogP) is 2.07. The number of thioether (sulfide) groups is 1. The molecule has 0 fully saturated rings. The van der Waals surface area contributed by atoms with E-state index in [1.165, 1.54) is 11.8 Å². The molecule has 23 heavy (non-hydrogen) atoms. The molecule has 4 rings (SSSR count). The van der Waals surface area contributed by atoms with Crippen LogP contribution in [0.15, 0.2) is 40.7 Å². The second-order valence-corrected chi connectivity index (χ2v) is 6.55. The van der Waals surface area contributed by atoms with E-state index in [0.717, 1.165) is 6.07 Å². The van der Waals surface area contributed by atoms with Crippen molar-refractivity contribution in [2.45, 2.75) is 17.3 Å². The van der Waals surface area contributed by atoms with Gasteiger partial charge in [0.2, 0.25) is 11.8 Å². The predicted molar refractivity (Wildman–Crippen MR) is 81.6 cm³/mol. The van der Waals surface area contributed by atoms with Crippen LogP contribution in [0.2, 0.25) is 0 Å². The molecule has 116 valence electrons. The lowest BCUT2D eigenvalue weighted by molar-refractivity contribution is -0.596. The lowest BCUT2D eigenvalue weighted by atomic mass is 10.1. The van der Waals surface area contributed by atoms with Crippen molar-refractivity contribution in [1.82, 2.24) is 9.55 Å². The number of carboxylic acid groups (broad SMARTS) is 1. The molecule has 0 radical (unpaired) electrons. The molecule has 1 aromatic carbocycles. The molecule has 2 aromatic heterocycles. The van der Waals surface area contributed by atoms with E-state index in [-0.39, 0.29) is 16.3 Å². The van der Waals surface area contributed by atoms with E-state index >= 15 is 0 Å². The van der Waals surface area contributed by atoms with Crippen LogP contribution < -0.4 is 10.00 Å². The summed E-state index contributed by atoms with van der Waals surface area (Å²) >= 11 is 1.32. The number of hydrogen-bond acceptors (Lipinski definition) is 3. The summed E-state index contributed by atoms with van der Waals surface area (Å²) in [5.41, 5.74) is -0.115. The first-order chi connectivity index (χ1) is 11.0. The number of imidazole rings is 1. The molecule has 0 saturated carbocycles. The summed E-state index contributed by atoms with van der Waals surface area (Å²) in [6.45, 7) is 1.90. The average molecular weight is 332 g/mol. The summed E-state index contributed by atoms with van der Waals surface area (Å²) in [6.07, 6.45) is 4.90. The molecular weight excluding hydrogens is 321 g/mol. The minimum atomic E-state index is -1.29. The van der Waals surface area contributed by atoms with Gasteiger partial charge in [0.15, 0.2) is 11.5 Å². The largest absolute Gasteiger partial charge is 0.477 e. The van der Waals surface area contributed by atoms with Gasteiger partial charge in [0, 0.05) is 11.5 Å². The van der Waals surface area contributed by atoms with Crippen LogP contribution in [0.4, 0.5) is 4.39 Å². The average Bonchev–Trinajstić information content (AvgIpc) is 3.00. The van der Waals surface area contributed by atoms with Crippen LogP contribution in [0.3, 0.4) is 0 Å². The van der Waals surface area contributed by atoms with Crippen LogP contribution in [-0.2, 0) is 0 Å². The summed E-state index contributed by atoms with van der Waals surface area (Å²) in [6, 6.07) is 2.69. The number of hydrogen-bond donors (Lipinski definition) is 2. The number of benzene rings is 1. The van der Waals surface area contributed by atoms with Gasteiger partial charge >= 0.3 is 5.97 Å². The van der Waals surface area contributed by atoms with E-state index in [0.29, 0.717) is 16.2 Å². The number of nitrogens with one attached hydrogen (secondary N) is 1. The molecule has 0 amide bonds. The van der Waals surface area contributed by atoms with E-state index in [4.69, 9.17) is 0 Å². The number of carboxylic acids is 1. The maximum atomic E-state index is 14.4. The van der Waals surface area contributed by atoms with Gasteiger partial charge in [-0.15, -0.1) is 0 Å². The van der Waals surface area contributed by atoms with Crippen LogP contribution in [-0.4, -0.2) is 20.6 Å². The van der Waals surface area contributed by atoms with Gasteiger partial charge in [0.1, 0.15) is 18.0 Å². The fraction of sp³-hybridized carbons (Fsp3) is 0.133. The van der Waals surface area contributed by atoms with Gasteiger partial charge < -0.3 is 9.67 Å². The van der Waals surface area contributed by atoms with Gasteiger partial charge in [-0.1, -0.05) is 11.8 Å². The SMILES string of the molecule is CC1Sc2c(C(=O)O)c(=O)c3cc(F)c(-[n+]4cc[nH]c4)cc3n21. The number of nitrogens with zero attached hydrogens (tertiary/aromatic N) is 2. The zero-order valence-corrected chi connectivity index (χ0v) is 12.7. The summed E-state index contributed by atoms with van der Waals surface area (Å²) in [4.78, 5) is 26.7. The summed E-state index contributed by atoms with van der Waals surface area (Å²) in [5, 5.41) is 9.78. The Hall–Kier alpha value is -2.61. The highest BCUT2D eigenvalue weighted by atomic mass is 32.2. The van der Waals surface area contributed by atoms with E-state index in [1.807, 2.05) is 6.92 Å². The minimum absolute atomic E-state index is 0.0132. The number of H-pyrrole nitrogens is 1. The highest BCUT2D eigenvalue weighted by molar-refractivity contribution is 8.00. The monoisotopic (exact) mass is 332 g/mol. The number of carbonyl (C=O) groups is 1. The molecule has 1 aliphatic rings. The van der Waals surface area contributed by atoms with Crippen molar-refractivity contribution < 1.29 is 18.9 Å². The van der Waals surface area contributed by atoms with Crippen LogP contribution in [0.1, 0.15) is 22.7 Å². The van der Waals surface area contributed by atoms with E-state index in [1.54, 1.807) is 33.9 Å². The number of aromatic nitrogens is 3. The zero-order valence-electron chi connectivity index (χ0n) is 11.9. The second kappa shape index (κ2) is 4.69. The smallest absolute Gasteiger partial charge is 0.342 e. The molecule has 8 heteroatoms. The first kappa shape index (κ1) is 14.0. The molecule has 0 spiro atoms. The third-order valence-electron chi connectivity index (χ3n) is 3.91. The topological polar surface area (TPSA) is 79.0 Å². The van der Waals surface area contributed by atoms with Gasteiger partial charge in [-0.3, -0.25) is 4.79 Å². The summed E-state index contributed by atoms with van der Waals surface area (Å²) in [7, 11) is 0. The van der Waals surface area contributed by atoms with Gasteiger partial charge in [-0.2, -0.15) is 4.57 Å². The molecule has 1 unspecified atom stereocenters. The van der Waals surface area contributed by atoms with Crippen molar-refractivity contribution in [2.24, 2.45) is 0 Å². The summed E-state index contributed by atoms with van der Waals surface area (Å²) in [5.74, 6) is -1.87. The minimum Gasteiger partial charge on any atom is -0.477 e. The molecule has 6 nitrogen and oxygen atoms in total. The van der Waals surface area contributed by atoms with E-state index in [9.17, 15) is 19.1 Å². The highest BCUT2D eigenvalue weighted by Gasteiger charge is 2.33. The van der Waals surface area contributed by atoms with E-state index < -0.39 is 17.2 Å². The van der Waals surface area contributed by atoms with Gasteiger partial charge in [0.25, 0.3) is 0 Å². The first-order valence-corrected chi connectivity index (χ1v) is 7.73. The van der Waals surface area contributed by atoms with Crippen LogP contribution in [0, 0.1) is 5.82 Å². The molecule has 3 heterocycles. The van der Waals surface area contributed by atoms with Crippen molar-refractivity contribution in [2.75, 3.05) is 0 Å². The second-order valence-electron chi connectivity index (χ2n) is 5.24. The highest BCUT2D eigenvalue weighted by Crippen LogP contribution is 2.46. The quantitative estimate of drug-likeness (QED) is 0.704. The molecule has 1 atom stereocenters. The van der Waals surface area contributed by atoms with Gasteiger partial charge in [-0.25, -0.2) is 14.2 Å². The standard InChI is InChI=1S/C15H10FN3O3S/c1-7-19-10-5-11(18-3-2-17-6-18)9(16)4-8(10)13(20)12(15(21)22)14(19)23-7/h2-7H,1H3,(H,21,22)/p+1. The van der Waals surface area contributed by atoms with Crippen molar-refractivity contribution in [3.63, 3.8) is 0 Å². The fourth-order valence-corrected chi connectivity index (χ4v) is 4.02. The normalized spacial score (nSPS) is 16.2. The molecule has 3 aromatic rings. The maximum Gasteiger partial charge on any atom is 0.342 e. The third kappa shape index (κ3) is 1.84. The molecule has 2 N–H and O–H groups in total. The molecular formula is C15H11FN3O3S+. The van der Waals surface area contributed by atoms with Crippen LogP contribution >= 0.6 is 11.8 Å². The Balaban J connectivity index is 2.13. The zero-order chi connectivity index (χ0) is 16.3. The summed E-state index contributed by atoms with van der Waals surface area (Å²) < 4.78 is 17.7. The number of halogens is 1. The Kier molecular flexibility index (Phi) is 2.86. The molecule has 1 aliphatic heterocycles. The van der Waals surface area contributed by atoms with E-state index in [2.05, 4.69) is 4.98 Å². The maximum absolute atomic E-state index is 14.4. The van der Waals surface area contributed by atoms with Crippen molar-refractivity contribution in [3.05, 3.63) is 52.5 Å². The Morgan fingerprint density at radius 3 is 2.87 bits per heavy atom. The number of aromatic amines is 1. The Labute approximate surface area is 133 Å². The van der Waals surface area contributed by atoms with Crippen LogP contribution in [0.5, 0.6) is 0 Å². The van der Waals surface area contributed by atoms with Crippen molar-refractivity contribution in [1.29, 1.82) is 0 Å². The van der Waals surface area contributed by atoms with Gasteiger partial charge in [-0.05, 0) is 13.0 Å². The Morgan fingerprint density at radius 1 is 1.48 bits per heavy atom. The fourth-order valence-electron chi connectivity index (χ4n) is 2.86. The first-order valence-electron chi connectivity index (χ1n) is 6.85. The Bertz CT molecular complexity index is 1030. The lowest BCUT2D eigenvalue weighted by Gasteiger charge is -2.32. The van der Waals surface area contributed by atoms with Crippen molar-refractivity contribution >= 4 is 28.6 Å². The van der Waals surface area contributed by atoms with Crippen LogP contribution in [0.25, 0.3) is 16.6 Å².